The second-order valence-electron chi connectivity index (χ2n) is 14.3. The number of carbonyl (C=O) groups is 2. The second kappa shape index (κ2) is 6.75. The SMILES string of the molecule is CC(C)(C(=O)O[C@H]1C[C@@H]2CC[C@@]1(C)C2(C)C)C(C)(C)C(=O)O[C@H]1C[C@@H]2CC[C@@]1(C)C2(C)C. The molecule has 0 spiro atoms. The highest BCUT2D eigenvalue weighted by atomic mass is 16.6. The molecule has 4 heteroatoms. The molecule has 6 atom stereocenters. The molecule has 4 aliphatic carbocycles. The van der Waals surface area contributed by atoms with Crippen LogP contribution < -0.4 is 0 Å². The summed E-state index contributed by atoms with van der Waals surface area (Å²) in [4.78, 5) is 27.0. The maximum atomic E-state index is 13.5. The van der Waals surface area contributed by atoms with Gasteiger partial charge in [-0.1, -0.05) is 41.5 Å². The van der Waals surface area contributed by atoms with Gasteiger partial charge < -0.3 is 9.47 Å². The van der Waals surface area contributed by atoms with Crippen molar-refractivity contribution in [3.05, 3.63) is 0 Å². The minimum Gasteiger partial charge on any atom is -0.461 e. The topological polar surface area (TPSA) is 52.6 Å². The lowest BCUT2D eigenvalue weighted by molar-refractivity contribution is -0.189. The molecule has 0 aromatic carbocycles. The average Bonchev–Trinajstić information content (AvgIpc) is 3.19. The van der Waals surface area contributed by atoms with Crippen LogP contribution in [0.3, 0.4) is 0 Å². The van der Waals surface area contributed by atoms with E-state index >= 15 is 0 Å². The first-order chi connectivity index (χ1) is 14.4. The van der Waals surface area contributed by atoms with Gasteiger partial charge in [-0.3, -0.25) is 9.59 Å². The summed E-state index contributed by atoms with van der Waals surface area (Å²) in [5.74, 6) is 0.670. The second-order valence-corrected chi connectivity index (χ2v) is 14.3. The summed E-state index contributed by atoms with van der Waals surface area (Å²) in [5.41, 5.74) is -1.56. The molecular weight excluding hydrogens is 400 g/mol. The molecule has 0 radical (unpaired) electrons. The largest absolute Gasteiger partial charge is 0.461 e. The van der Waals surface area contributed by atoms with E-state index in [0.29, 0.717) is 11.8 Å². The van der Waals surface area contributed by atoms with Crippen LogP contribution in [0.5, 0.6) is 0 Å². The molecule has 4 fully saturated rings. The van der Waals surface area contributed by atoms with Gasteiger partial charge in [0.15, 0.2) is 0 Å². The fourth-order valence-electron chi connectivity index (χ4n) is 7.68. The van der Waals surface area contributed by atoms with Crippen molar-refractivity contribution in [2.45, 2.75) is 120 Å². The van der Waals surface area contributed by atoms with Gasteiger partial charge in [-0.15, -0.1) is 0 Å². The quantitative estimate of drug-likeness (QED) is 0.449. The van der Waals surface area contributed by atoms with Gasteiger partial charge in [-0.2, -0.15) is 0 Å². The average molecular weight is 447 g/mol. The first kappa shape index (κ1) is 24.1. The zero-order chi connectivity index (χ0) is 24.1. The number of hydrogen-bond acceptors (Lipinski definition) is 4. The number of ether oxygens (including phenoxy) is 2. The van der Waals surface area contributed by atoms with E-state index in [1.807, 2.05) is 27.7 Å². The number of rotatable bonds is 5. The van der Waals surface area contributed by atoms with Gasteiger partial charge >= 0.3 is 11.9 Å². The van der Waals surface area contributed by atoms with Gasteiger partial charge in [-0.05, 0) is 88.9 Å². The third-order valence-corrected chi connectivity index (χ3v) is 12.5. The third-order valence-electron chi connectivity index (χ3n) is 12.5. The fraction of sp³-hybridized carbons (Fsp3) is 0.929. The van der Waals surface area contributed by atoms with Crippen molar-refractivity contribution in [1.29, 1.82) is 0 Å². The Bertz CT molecular complexity index is 753. The molecule has 0 aromatic rings. The molecule has 4 aliphatic rings. The Labute approximate surface area is 195 Å². The highest BCUT2D eigenvalue weighted by Crippen LogP contribution is 2.67. The molecule has 32 heavy (non-hydrogen) atoms. The number of fused-ring (bicyclic) bond motifs is 4. The van der Waals surface area contributed by atoms with Crippen LogP contribution in [0.2, 0.25) is 0 Å². The van der Waals surface area contributed by atoms with Crippen molar-refractivity contribution >= 4 is 11.9 Å². The predicted octanol–water partition coefficient (Wildman–Crippen LogP) is 6.55. The first-order valence-corrected chi connectivity index (χ1v) is 12.8. The zero-order valence-electron chi connectivity index (χ0n) is 22.2. The maximum Gasteiger partial charge on any atom is 0.312 e. The Morgan fingerprint density at radius 3 is 1.19 bits per heavy atom. The molecule has 4 saturated carbocycles. The predicted molar refractivity (Wildman–Crippen MR) is 126 cm³/mol. The number of hydrogen-bond donors (Lipinski definition) is 0. The van der Waals surface area contributed by atoms with Gasteiger partial charge in [0.1, 0.15) is 12.2 Å². The van der Waals surface area contributed by atoms with Crippen LogP contribution in [0.15, 0.2) is 0 Å². The highest BCUT2D eigenvalue weighted by molar-refractivity contribution is 5.87. The van der Waals surface area contributed by atoms with Crippen molar-refractivity contribution in [3.63, 3.8) is 0 Å². The summed E-state index contributed by atoms with van der Waals surface area (Å²) in [6, 6.07) is 0. The Balaban J connectivity index is 1.47. The van der Waals surface area contributed by atoms with Gasteiger partial charge in [-0.25, -0.2) is 0 Å². The molecule has 0 aromatic heterocycles. The summed E-state index contributed by atoms with van der Waals surface area (Å²) in [6.07, 6.45) is 6.38. The molecule has 0 saturated heterocycles. The maximum absolute atomic E-state index is 13.5. The van der Waals surface area contributed by atoms with E-state index in [0.717, 1.165) is 25.7 Å². The number of carbonyl (C=O) groups excluding carboxylic acids is 2. The molecular formula is C28H46O4. The molecule has 0 N–H and O–H groups in total. The van der Waals surface area contributed by atoms with Crippen LogP contribution in [-0.4, -0.2) is 24.1 Å². The van der Waals surface area contributed by atoms with E-state index in [9.17, 15) is 9.59 Å². The Morgan fingerprint density at radius 2 is 0.969 bits per heavy atom. The Kier molecular flexibility index (Phi) is 5.08. The van der Waals surface area contributed by atoms with Crippen molar-refractivity contribution in [1.82, 2.24) is 0 Å². The summed E-state index contributed by atoms with van der Waals surface area (Å²) in [6.45, 7) is 21.3. The van der Waals surface area contributed by atoms with Crippen LogP contribution in [0, 0.1) is 44.3 Å². The summed E-state index contributed by atoms with van der Waals surface area (Å²) >= 11 is 0. The monoisotopic (exact) mass is 446 g/mol. The normalized spacial score (nSPS) is 41.7. The van der Waals surface area contributed by atoms with Gasteiger partial charge in [0, 0.05) is 10.8 Å². The summed E-state index contributed by atoms with van der Waals surface area (Å²) in [7, 11) is 0. The molecule has 4 bridgehead atoms. The molecule has 0 aliphatic heterocycles. The van der Waals surface area contributed by atoms with E-state index in [4.69, 9.17) is 9.47 Å². The van der Waals surface area contributed by atoms with Gasteiger partial charge in [0.25, 0.3) is 0 Å². The van der Waals surface area contributed by atoms with Gasteiger partial charge in [0.05, 0.1) is 10.8 Å². The molecule has 182 valence electrons. The van der Waals surface area contributed by atoms with E-state index < -0.39 is 10.8 Å². The molecule has 0 heterocycles. The Hall–Kier alpha value is -1.06. The Morgan fingerprint density at radius 1 is 0.656 bits per heavy atom. The first-order valence-electron chi connectivity index (χ1n) is 12.8. The summed E-state index contributed by atoms with van der Waals surface area (Å²) in [5, 5.41) is 0. The summed E-state index contributed by atoms with van der Waals surface area (Å²) < 4.78 is 12.4. The van der Waals surface area contributed by atoms with Crippen LogP contribution in [0.25, 0.3) is 0 Å². The lowest BCUT2D eigenvalue weighted by Gasteiger charge is -2.43. The van der Waals surface area contributed by atoms with Gasteiger partial charge in [0.2, 0.25) is 0 Å². The van der Waals surface area contributed by atoms with Crippen molar-refractivity contribution < 1.29 is 19.1 Å². The molecule has 0 unspecified atom stereocenters. The van der Waals surface area contributed by atoms with E-state index in [2.05, 4.69) is 41.5 Å². The molecule has 4 nitrogen and oxygen atoms in total. The third kappa shape index (κ3) is 2.79. The van der Waals surface area contributed by atoms with Crippen LogP contribution in [0.1, 0.15) is 108 Å². The van der Waals surface area contributed by atoms with Crippen LogP contribution in [0.4, 0.5) is 0 Å². The van der Waals surface area contributed by atoms with Crippen molar-refractivity contribution in [2.24, 2.45) is 44.3 Å². The smallest absolute Gasteiger partial charge is 0.312 e. The van der Waals surface area contributed by atoms with E-state index in [1.165, 1.54) is 12.8 Å². The van der Waals surface area contributed by atoms with Crippen LogP contribution >= 0.6 is 0 Å². The van der Waals surface area contributed by atoms with Crippen molar-refractivity contribution in [3.8, 4) is 0 Å². The van der Waals surface area contributed by atoms with Crippen molar-refractivity contribution in [2.75, 3.05) is 0 Å². The fourth-order valence-corrected chi connectivity index (χ4v) is 7.68. The molecule has 0 amide bonds. The standard InChI is InChI=1S/C28H46O4/c1-23(2)17-11-13-27(23,9)19(15-17)31-21(29)25(5,6)26(7,8)22(30)32-20-16-18-12-14-28(20,10)24(18,3)4/h17-20H,11-16H2,1-10H3/t17-,18-,19-,20-,27+,28+/m0/s1. The van der Waals surface area contributed by atoms with E-state index in [1.54, 1.807) is 0 Å². The van der Waals surface area contributed by atoms with Crippen LogP contribution in [-0.2, 0) is 19.1 Å². The lowest BCUT2D eigenvalue weighted by Crippen LogP contribution is -2.50. The zero-order valence-corrected chi connectivity index (χ0v) is 22.2. The minimum atomic E-state index is -0.972. The highest BCUT2D eigenvalue weighted by Gasteiger charge is 2.65. The van der Waals surface area contributed by atoms with E-state index in [-0.39, 0.29) is 45.8 Å². The number of esters is 2. The minimum absolute atomic E-state index is 0.0112. The lowest BCUT2D eigenvalue weighted by atomic mass is 9.67. The molecule has 4 rings (SSSR count).